The summed E-state index contributed by atoms with van der Waals surface area (Å²) >= 11 is 1.33. The molecule has 1 fully saturated rings. The Morgan fingerprint density at radius 1 is 0.939 bits per heavy atom. The maximum Gasteiger partial charge on any atom is 0.203 e. The number of rotatable bonds is 5. The van der Waals surface area contributed by atoms with Crippen LogP contribution < -0.4 is 14.3 Å². The molecule has 0 saturated heterocycles. The number of hydrogen-bond acceptors (Lipinski definition) is 9. The van der Waals surface area contributed by atoms with E-state index < -0.39 is 0 Å². The summed E-state index contributed by atoms with van der Waals surface area (Å²) in [6.45, 7) is 0. The van der Waals surface area contributed by atoms with Crippen LogP contribution in [0.2, 0.25) is 0 Å². The zero-order valence-electron chi connectivity index (χ0n) is 18.7. The lowest BCUT2D eigenvalue weighted by Gasteiger charge is -2.16. The number of aryl methyl sites for hydroxylation is 1. The van der Waals surface area contributed by atoms with Crippen LogP contribution in [0.15, 0.2) is 23.2 Å². The van der Waals surface area contributed by atoms with Crippen molar-refractivity contribution in [3.8, 4) is 56.2 Å². The topological polar surface area (TPSA) is 130 Å². The van der Waals surface area contributed by atoms with Crippen molar-refractivity contribution in [1.82, 2.24) is 9.78 Å². The predicted molar refractivity (Wildman–Crippen MR) is 124 cm³/mol. The third-order valence-corrected chi connectivity index (χ3v) is 6.83. The van der Waals surface area contributed by atoms with Gasteiger partial charge in [-0.2, -0.15) is 5.10 Å². The van der Waals surface area contributed by atoms with Crippen LogP contribution in [-0.4, -0.2) is 50.5 Å². The van der Waals surface area contributed by atoms with Crippen LogP contribution in [0.1, 0.15) is 32.1 Å². The summed E-state index contributed by atoms with van der Waals surface area (Å²) in [5, 5.41) is 47.2. The lowest BCUT2D eigenvalue weighted by molar-refractivity contribution is 0.344. The standard InChI is InChI=1S/C23H27N3O6S/c1-26-23(24-13-7-5-4-6-8-13)33-22(25-26)14-11-17(29)21(32-3)19(30)18(14)12-9-15(27)20(31-2)16(28)10-12/h9-11,13,27-30H,4-8H2,1-3H3. The van der Waals surface area contributed by atoms with Crippen molar-refractivity contribution in [2.75, 3.05) is 14.2 Å². The van der Waals surface area contributed by atoms with Gasteiger partial charge in [0.25, 0.3) is 0 Å². The first-order chi connectivity index (χ1) is 15.8. The molecule has 0 atom stereocenters. The quantitative estimate of drug-likeness (QED) is 0.442. The van der Waals surface area contributed by atoms with Crippen molar-refractivity contribution in [3.05, 3.63) is 23.0 Å². The number of ether oxygens (including phenoxy) is 2. The summed E-state index contributed by atoms with van der Waals surface area (Å²) in [5.74, 6) is -1.43. The Morgan fingerprint density at radius 3 is 2.15 bits per heavy atom. The first-order valence-corrected chi connectivity index (χ1v) is 11.5. The highest BCUT2D eigenvalue weighted by molar-refractivity contribution is 7.12. The number of hydrogen-bond donors (Lipinski definition) is 4. The Hall–Kier alpha value is -3.40. The van der Waals surface area contributed by atoms with Gasteiger partial charge < -0.3 is 29.9 Å². The number of methoxy groups -OCH3 is 2. The fourth-order valence-corrected chi connectivity index (χ4v) is 5.17. The Bertz CT molecular complexity index is 1220. The van der Waals surface area contributed by atoms with E-state index in [9.17, 15) is 20.4 Å². The van der Waals surface area contributed by atoms with Crippen molar-refractivity contribution in [1.29, 1.82) is 0 Å². The number of aromatic hydroxyl groups is 4. The summed E-state index contributed by atoms with van der Waals surface area (Å²) in [5.41, 5.74) is 0.928. The van der Waals surface area contributed by atoms with Gasteiger partial charge in [-0.05, 0) is 36.6 Å². The Balaban J connectivity index is 1.92. The molecule has 1 aliphatic rings. The number of aromatic nitrogens is 2. The fraction of sp³-hybridized carbons (Fsp3) is 0.391. The van der Waals surface area contributed by atoms with E-state index in [-0.39, 0.29) is 46.1 Å². The molecule has 2 aromatic carbocycles. The number of nitrogens with zero attached hydrogens (tertiary/aromatic N) is 3. The van der Waals surface area contributed by atoms with Gasteiger partial charge in [-0.15, -0.1) is 0 Å². The van der Waals surface area contributed by atoms with Crippen molar-refractivity contribution in [3.63, 3.8) is 0 Å². The summed E-state index contributed by atoms with van der Waals surface area (Å²) in [6, 6.07) is 4.41. The molecule has 0 bridgehead atoms. The minimum Gasteiger partial charge on any atom is -0.504 e. The highest BCUT2D eigenvalue weighted by Gasteiger charge is 2.25. The van der Waals surface area contributed by atoms with Gasteiger partial charge in [-0.25, -0.2) is 4.68 Å². The molecule has 0 spiro atoms. The van der Waals surface area contributed by atoms with Gasteiger partial charge >= 0.3 is 0 Å². The smallest absolute Gasteiger partial charge is 0.203 e. The van der Waals surface area contributed by atoms with Crippen molar-refractivity contribution >= 4 is 11.3 Å². The SMILES string of the molecule is COc1c(O)cc(-c2c(-c3nn(C)c(=NC4CCCCC4)s3)cc(O)c(OC)c2O)cc1O. The molecular formula is C23H27N3O6S. The average Bonchev–Trinajstić information content (AvgIpc) is 3.14. The second kappa shape index (κ2) is 9.22. The molecular weight excluding hydrogens is 446 g/mol. The van der Waals surface area contributed by atoms with E-state index in [4.69, 9.17) is 14.5 Å². The van der Waals surface area contributed by atoms with Crippen molar-refractivity contribution in [2.45, 2.75) is 38.1 Å². The largest absolute Gasteiger partial charge is 0.504 e. The predicted octanol–water partition coefficient (Wildman–Crippen LogP) is 3.89. The third kappa shape index (κ3) is 4.30. The highest BCUT2D eigenvalue weighted by atomic mass is 32.1. The number of phenols is 4. The average molecular weight is 474 g/mol. The van der Waals surface area contributed by atoms with Crippen LogP contribution in [0, 0.1) is 0 Å². The minimum absolute atomic E-state index is 0.0836. The van der Waals surface area contributed by atoms with Crippen LogP contribution in [0.4, 0.5) is 0 Å². The van der Waals surface area contributed by atoms with E-state index in [1.807, 2.05) is 0 Å². The number of benzene rings is 2. The lowest BCUT2D eigenvalue weighted by atomic mass is 9.96. The van der Waals surface area contributed by atoms with Crippen molar-refractivity contribution < 1.29 is 29.9 Å². The van der Waals surface area contributed by atoms with E-state index in [0.717, 1.165) is 17.6 Å². The van der Waals surface area contributed by atoms with E-state index in [0.29, 0.717) is 16.1 Å². The molecule has 0 aliphatic heterocycles. The molecule has 1 aliphatic carbocycles. The Labute approximate surface area is 194 Å². The number of phenolic OH excluding ortho intramolecular Hbond substituents is 4. The zero-order chi connectivity index (χ0) is 23.7. The van der Waals surface area contributed by atoms with Crippen LogP contribution in [0.5, 0.6) is 34.5 Å². The second-order valence-corrected chi connectivity index (χ2v) is 8.94. The summed E-state index contributed by atoms with van der Waals surface area (Å²) in [4.78, 5) is 5.60. The molecule has 3 aromatic rings. The molecule has 4 N–H and O–H groups in total. The Kier molecular flexibility index (Phi) is 6.37. The first kappa shape index (κ1) is 22.8. The van der Waals surface area contributed by atoms with Crippen LogP contribution in [-0.2, 0) is 7.05 Å². The van der Waals surface area contributed by atoms with Gasteiger partial charge in [-0.3, -0.25) is 4.99 Å². The third-order valence-electron chi connectivity index (χ3n) is 5.79. The molecule has 9 nitrogen and oxygen atoms in total. The lowest BCUT2D eigenvalue weighted by Crippen LogP contribution is -2.18. The molecule has 1 saturated carbocycles. The minimum atomic E-state index is -0.347. The monoisotopic (exact) mass is 473 g/mol. The van der Waals surface area contributed by atoms with Gasteiger partial charge in [0.1, 0.15) is 5.01 Å². The summed E-state index contributed by atoms with van der Waals surface area (Å²) in [6.07, 6.45) is 5.66. The van der Waals surface area contributed by atoms with E-state index in [1.54, 1.807) is 11.7 Å². The van der Waals surface area contributed by atoms with Gasteiger partial charge in [-0.1, -0.05) is 30.6 Å². The molecule has 0 radical (unpaired) electrons. The van der Waals surface area contributed by atoms with Crippen molar-refractivity contribution in [2.24, 2.45) is 12.0 Å². The van der Waals surface area contributed by atoms with Gasteiger partial charge in [0.15, 0.2) is 23.0 Å². The normalized spacial score (nSPS) is 15.1. The molecule has 176 valence electrons. The molecule has 4 rings (SSSR count). The van der Waals surface area contributed by atoms with Crippen LogP contribution in [0.3, 0.4) is 0 Å². The second-order valence-electron chi connectivity index (χ2n) is 7.98. The summed E-state index contributed by atoms with van der Waals surface area (Å²) < 4.78 is 11.9. The van der Waals surface area contributed by atoms with Gasteiger partial charge in [0.05, 0.1) is 20.3 Å². The molecule has 10 heteroatoms. The zero-order valence-corrected chi connectivity index (χ0v) is 19.5. The molecule has 1 heterocycles. The molecule has 1 aromatic heterocycles. The van der Waals surface area contributed by atoms with Gasteiger partial charge in [0.2, 0.25) is 16.3 Å². The first-order valence-electron chi connectivity index (χ1n) is 10.7. The maximum absolute atomic E-state index is 11.0. The van der Waals surface area contributed by atoms with E-state index in [2.05, 4.69) is 5.10 Å². The fourth-order valence-electron chi connectivity index (χ4n) is 4.19. The van der Waals surface area contributed by atoms with Gasteiger partial charge in [0, 0.05) is 18.2 Å². The molecule has 0 amide bonds. The van der Waals surface area contributed by atoms with Crippen LogP contribution >= 0.6 is 11.3 Å². The molecule has 33 heavy (non-hydrogen) atoms. The highest BCUT2D eigenvalue weighted by Crippen LogP contribution is 2.51. The van der Waals surface area contributed by atoms with E-state index >= 15 is 0 Å². The summed E-state index contributed by atoms with van der Waals surface area (Å²) in [7, 11) is 4.45. The Morgan fingerprint density at radius 2 is 1.55 bits per heavy atom. The maximum atomic E-state index is 11.0. The van der Waals surface area contributed by atoms with Crippen LogP contribution in [0.25, 0.3) is 21.7 Å². The molecule has 0 unspecified atom stereocenters. The van der Waals surface area contributed by atoms with E-state index in [1.165, 1.54) is 63.0 Å².